The molecule has 0 amide bonds. The van der Waals surface area contributed by atoms with Crippen LogP contribution in [0.2, 0.25) is 0 Å². The standard InChI is InChI=1S/C18H20FN5O/c19-16(12-4-2-1-3-5-12)10-25-14-7-6-13(8-14)23-17-15-9-22-24-18(15)21-11-20-17/h1-5,9,11,13-14,16H,6-8,10H2,(H2,20,21,22,23,24)/t13-,14+,16?/m1/s1. The number of nitrogens with one attached hydrogen (secondary N) is 2. The molecule has 1 aliphatic carbocycles. The number of benzene rings is 1. The molecule has 25 heavy (non-hydrogen) atoms. The molecule has 1 unspecified atom stereocenters. The quantitative estimate of drug-likeness (QED) is 0.718. The molecule has 0 saturated heterocycles. The fraction of sp³-hybridized carbons (Fsp3) is 0.389. The Labute approximate surface area is 144 Å². The van der Waals surface area contributed by atoms with Crippen LogP contribution >= 0.6 is 0 Å². The summed E-state index contributed by atoms with van der Waals surface area (Å²) in [4.78, 5) is 8.43. The molecule has 3 atom stereocenters. The fourth-order valence-corrected chi connectivity index (χ4v) is 3.27. The van der Waals surface area contributed by atoms with E-state index in [2.05, 4.69) is 25.5 Å². The Morgan fingerprint density at radius 2 is 2.12 bits per heavy atom. The SMILES string of the molecule is FC(CO[C@H]1CC[C@@H](Nc2ncnc3[nH]ncc23)C1)c1ccccc1. The van der Waals surface area contributed by atoms with Crippen LogP contribution in [-0.4, -0.2) is 38.9 Å². The average molecular weight is 341 g/mol. The first kappa shape index (κ1) is 16.0. The van der Waals surface area contributed by atoms with Crippen molar-refractivity contribution in [3.05, 3.63) is 48.4 Å². The summed E-state index contributed by atoms with van der Waals surface area (Å²) < 4.78 is 20.0. The van der Waals surface area contributed by atoms with Crippen molar-refractivity contribution in [3.8, 4) is 0 Å². The van der Waals surface area contributed by atoms with Gasteiger partial charge in [-0.2, -0.15) is 5.10 Å². The minimum Gasteiger partial charge on any atom is -0.375 e. The number of aromatic amines is 1. The summed E-state index contributed by atoms with van der Waals surface area (Å²) in [6.45, 7) is 0.0981. The van der Waals surface area contributed by atoms with Crippen molar-refractivity contribution in [1.82, 2.24) is 20.2 Å². The highest BCUT2D eigenvalue weighted by Crippen LogP contribution is 2.28. The van der Waals surface area contributed by atoms with Crippen LogP contribution in [0, 0.1) is 0 Å². The van der Waals surface area contributed by atoms with E-state index in [-0.39, 0.29) is 18.8 Å². The zero-order valence-electron chi connectivity index (χ0n) is 13.7. The number of nitrogens with zero attached hydrogens (tertiary/aromatic N) is 3. The lowest BCUT2D eigenvalue weighted by Crippen LogP contribution is -2.19. The van der Waals surface area contributed by atoms with Crippen LogP contribution < -0.4 is 5.32 Å². The van der Waals surface area contributed by atoms with Gasteiger partial charge >= 0.3 is 0 Å². The summed E-state index contributed by atoms with van der Waals surface area (Å²) in [5.74, 6) is 0.775. The van der Waals surface area contributed by atoms with E-state index in [0.717, 1.165) is 30.5 Å². The van der Waals surface area contributed by atoms with Gasteiger partial charge in [-0.25, -0.2) is 14.4 Å². The first-order chi connectivity index (χ1) is 12.3. The maximum absolute atomic E-state index is 14.2. The Balaban J connectivity index is 1.30. The lowest BCUT2D eigenvalue weighted by atomic mass is 10.1. The van der Waals surface area contributed by atoms with Gasteiger partial charge in [-0.3, -0.25) is 5.10 Å². The maximum Gasteiger partial charge on any atom is 0.160 e. The molecular weight excluding hydrogens is 321 g/mol. The van der Waals surface area contributed by atoms with E-state index < -0.39 is 6.17 Å². The van der Waals surface area contributed by atoms with Crippen molar-refractivity contribution in [3.63, 3.8) is 0 Å². The highest BCUT2D eigenvalue weighted by molar-refractivity contribution is 5.85. The molecule has 1 aliphatic rings. The van der Waals surface area contributed by atoms with Gasteiger partial charge in [0.2, 0.25) is 0 Å². The third kappa shape index (κ3) is 3.61. The Kier molecular flexibility index (Phi) is 4.56. The molecule has 0 spiro atoms. The molecule has 2 heterocycles. The van der Waals surface area contributed by atoms with Crippen molar-refractivity contribution >= 4 is 16.9 Å². The number of alkyl halides is 1. The molecule has 0 radical (unpaired) electrons. The number of hydrogen-bond acceptors (Lipinski definition) is 5. The summed E-state index contributed by atoms with van der Waals surface area (Å²) in [5, 5.41) is 11.1. The van der Waals surface area contributed by atoms with E-state index in [9.17, 15) is 4.39 Å². The number of aromatic nitrogens is 4. The van der Waals surface area contributed by atoms with Crippen LogP contribution in [-0.2, 0) is 4.74 Å². The molecule has 1 aromatic carbocycles. The van der Waals surface area contributed by atoms with Crippen LogP contribution in [0.4, 0.5) is 10.2 Å². The third-order valence-corrected chi connectivity index (χ3v) is 4.61. The van der Waals surface area contributed by atoms with Crippen molar-refractivity contribution < 1.29 is 9.13 Å². The number of hydrogen-bond donors (Lipinski definition) is 2. The van der Waals surface area contributed by atoms with Crippen molar-refractivity contribution in [2.75, 3.05) is 11.9 Å². The summed E-state index contributed by atoms with van der Waals surface area (Å²) in [7, 11) is 0. The van der Waals surface area contributed by atoms with Crippen LogP contribution in [0.1, 0.15) is 31.0 Å². The Morgan fingerprint density at radius 1 is 1.24 bits per heavy atom. The lowest BCUT2D eigenvalue weighted by Gasteiger charge is -2.16. The molecule has 0 bridgehead atoms. The molecule has 130 valence electrons. The van der Waals surface area contributed by atoms with Gasteiger partial charge in [-0.05, 0) is 24.8 Å². The second kappa shape index (κ2) is 7.14. The van der Waals surface area contributed by atoms with Gasteiger partial charge in [0.25, 0.3) is 0 Å². The van der Waals surface area contributed by atoms with Crippen LogP contribution in [0.5, 0.6) is 0 Å². The topological polar surface area (TPSA) is 75.7 Å². The monoisotopic (exact) mass is 341 g/mol. The first-order valence-corrected chi connectivity index (χ1v) is 8.51. The molecule has 6 nitrogen and oxygen atoms in total. The van der Waals surface area contributed by atoms with Crippen molar-refractivity contribution in [1.29, 1.82) is 0 Å². The first-order valence-electron chi connectivity index (χ1n) is 8.51. The van der Waals surface area contributed by atoms with Crippen LogP contribution in [0.25, 0.3) is 11.0 Å². The molecule has 2 aromatic heterocycles. The van der Waals surface area contributed by atoms with Gasteiger partial charge in [-0.1, -0.05) is 30.3 Å². The molecule has 3 aromatic rings. The van der Waals surface area contributed by atoms with E-state index in [1.165, 1.54) is 6.33 Å². The van der Waals surface area contributed by atoms with Gasteiger partial charge in [0.05, 0.1) is 24.3 Å². The van der Waals surface area contributed by atoms with E-state index in [1.807, 2.05) is 18.2 Å². The highest BCUT2D eigenvalue weighted by Gasteiger charge is 2.27. The Morgan fingerprint density at radius 3 is 3.00 bits per heavy atom. The summed E-state index contributed by atoms with van der Waals surface area (Å²) >= 11 is 0. The fourth-order valence-electron chi connectivity index (χ4n) is 3.27. The zero-order valence-corrected chi connectivity index (χ0v) is 13.7. The predicted octanol–water partition coefficient (Wildman–Crippen LogP) is 3.41. The van der Waals surface area contributed by atoms with Gasteiger partial charge < -0.3 is 10.1 Å². The normalized spacial score (nSPS) is 21.5. The van der Waals surface area contributed by atoms with Crippen molar-refractivity contribution in [2.45, 2.75) is 37.6 Å². The highest BCUT2D eigenvalue weighted by atomic mass is 19.1. The van der Waals surface area contributed by atoms with Crippen LogP contribution in [0.3, 0.4) is 0 Å². The number of fused-ring (bicyclic) bond motifs is 1. The largest absolute Gasteiger partial charge is 0.375 e. The minimum absolute atomic E-state index is 0.0705. The number of H-pyrrole nitrogens is 1. The number of rotatable bonds is 6. The smallest absolute Gasteiger partial charge is 0.160 e. The molecular formula is C18H20FN5O. The van der Waals surface area contributed by atoms with Crippen molar-refractivity contribution in [2.24, 2.45) is 0 Å². The Bertz CT molecular complexity index is 824. The van der Waals surface area contributed by atoms with Gasteiger partial charge in [-0.15, -0.1) is 0 Å². The average Bonchev–Trinajstić information content (AvgIpc) is 3.30. The minimum atomic E-state index is -1.08. The zero-order chi connectivity index (χ0) is 17.1. The van der Waals surface area contributed by atoms with Gasteiger partial charge in [0, 0.05) is 6.04 Å². The van der Waals surface area contributed by atoms with Crippen LogP contribution in [0.15, 0.2) is 42.9 Å². The van der Waals surface area contributed by atoms with Gasteiger partial charge in [0.1, 0.15) is 18.3 Å². The molecule has 2 N–H and O–H groups in total. The summed E-state index contributed by atoms with van der Waals surface area (Å²) in [5.41, 5.74) is 1.38. The molecule has 1 saturated carbocycles. The second-order valence-electron chi connectivity index (χ2n) is 6.34. The van der Waals surface area contributed by atoms with E-state index in [0.29, 0.717) is 11.2 Å². The van der Waals surface area contributed by atoms with E-state index in [1.54, 1.807) is 18.3 Å². The molecule has 1 fully saturated rings. The molecule has 4 rings (SSSR count). The summed E-state index contributed by atoms with van der Waals surface area (Å²) in [6.07, 6.45) is 4.94. The maximum atomic E-state index is 14.2. The number of anilines is 1. The van der Waals surface area contributed by atoms with E-state index >= 15 is 0 Å². The number of ether oxygens (including phenoxy) is 1. The Hall–Kier alpha value is -2.54. The molecule has 0 aliphatic heterocycles. The second-order valence-corrected chi connectivity index (χ2v) is 6.34. The lowest BCUT2D eigenvalue weighted by molar-refractivity contribution is 0.0217. The predicted molar refractivity (Wildman–Crippen MR) is 93.0 cm³/mol. The van der Waals surface area contributed by atoms with Gasteiger partial charge in [0.15, 0.2) is 5.65 Å². The number of halogens is 1. The van der Waals surface area contributed by atoms with E-state index in [4.69, 9.17) is 4.74 Å². The summed E-state index contributed by atoms with van der Waals surface area (Å²) in [6, 6.07) is 9.41. The third-order valence-electron chi connectivity index (χ3n) is 4.61. The molecule has 7 heteroatoms.